The number of anilines is 2. The van der Waals surface area contributed by atoms with Crippen LogP contribution in [-0.2, 0) is 16.0 Å². The summed E-state index contributed by atoms with van der Waals surface area (Å²) in [7, 11) is 0. The smallest absolute Gasteiger partial charge is 0.414 e. The minimum atomic E-state index is -1.82. The van der Waals surface area contributed by atoms with E-state index in [2.05, 4.69) is 27.8 Å². The summed E-state index contributed by atoms with van der Waals surface area (Å²) in [6, 6.07) is 22.2. The van der Waals surface area contributed by atoms with Crippen LogP contribution < -0.4 is 26.7 Å². The summed E-state index contributed by atoms with van der Waals surface area (Å²) in [5.74, 6) is -2.89. The molecular formula is C31H36N4O8. The Balaban J connectivity index is 0.000000765. The Morgan fingerprint density at radius 1 is 0.930 bits per heavy atom. The Kier molecular flexibility index (Phi) is 11.2. The summed E-state index contributed by atoms with van der Waals surface area (Å²) in [6.07, 6.45) is 0.0272. The second-order valence-electron chi connectivity index (χ2n) is 10.5. The molecule has 1 atom stereocenters. The number of fused-ring (bicyclic) bond motifs is 1. The highest BCUT2D eigenvalue weighted by molar-refractivity contribution is 6.27. The number of aromatic nitrogens is 1. The second-order valence-corrected chi connectivity index (χ2v) is 10.5. The third-order valence-electron chi connectivity index (χ3n) is 6.08. The average molecular weight is 593 g/mol. The molecule has 1 heterocycles. The van der Waals surface area contributed by atoms with E-state index in [-0.39, 0.29) is 16.8 Å². The standard InChI is InChI=1S/C29H34N4O4.C2H2O4/c1-29(2,30)18-37-22-9-7-21(8-10-22)32-20-5-3-19(4-6-20)15-16-31-17-26(35)23-11-13-25(34)28-24(23)12-14-27(36)33-28;3-1(4)2(5)6/h3-14,26,31-32,34-35H,15-18,30H2,1-2H3,(H,33,36);(H,3,4)(H,5,6)/t26-;/m0./s1. The molecule has 228 valence electrons. The predicted octanol–water partition coefficient (Wildman–Crippen LogP) is 3.11. The molecule has 4 rings (SSSR count). The van der Waals surface area contributed by atoms with Gasteiger partial charge in [0.05, 0.1) is 11.6 Å². The molecule has 4 aromatic rings. The van der Waals surface area contributed by atoms with Crippen molar-refractivity contribution >= 4 is 34.2 Å². The number of ether oxygens (including phenoxy) is 1. The summed E-state index contributed by atoms with van der Waals surface area (Å²) < 4.78 is 5.71. The van der Waals surface area contributed by atoms with E-state index in [1.54, 1.807) is 12.1 Å². The number of aromatic hydroxyl groups is 1. The Bertz CT molecular complexity index is 1570. The fourth-order valence-corrected chi connectivity index (χ4v) is 3.96. The first kappa shape index (κ1) is 32.6. The number of carboxylic acids is 2. The van der Waals surface area contributed by atoms with Crippen LogP contribution in [0, 0.1) is 0 Å². The van der Waals surface area contributed by atoms with Crippen LogP contribution in [-0.4, -0.2) is 62.6 Å². The molecule has 0 bridgehead atoms. The molecule has 0 unspecified atom stereocenters. The zero-order chi connectivity index (χ0) is 31.6. The summed E-state index contributed by atoms with van der Waals surface area (Å²) in [5.41, 5.74) is 9.39. The number of hydrogen-bond donors (Lipinski definition) is 8. The predicted molar refractivity (Wildman–Crippen MR) is 163 cm³/mol. The molecule has 43 heavy (non-hydrogen) atoms. The maximum atomic E-state index is 11.6. The van der Waals surface area contributed by atoms with Crippen molar-refractivity contribution in [3.63, 3.8) is 0 Å². The number of carboxylic acid groups (broad SMARTS) is 2. The molecule has 0 aliphatic rings. The van der Waals surface area contributed by atoms with Gasteiger partial charge in [0.2, 0.25) is 5.56 Å². The van der Waals surface area contributed by atoms with Gasteiger partial charge in [-0.1, -0.05) is 18.2 Å². The molecule has 0 aliphatic heterocycles. The zero-order valence-corrected chi connectivity index (χ0v) is 23.8. The third kappa shape index (κ3) is 10.5. The maximum Gasteiger partial charge on any atom is 0.414 e. The van der Waals surface area contributed by atoms with Crippen molar-refractivity contribution in [2.45, 2.75) is 31.9 Å². The lowest BCUT2D eigenvalue weighted by Crippen LogP contribution is -2.38. The molecule has 0 saturated heterocycles. The Hall–Kier alpha value is -4.91. The monoisotopic (exact) mass is 592 g/mol. The number of phenols is 1. The van der Waals surface area contributed by atoms with Gasteiger partial charge in [0.25, 0.3) is 0 Å². The van der Waals surface area contributed by atoms with Crippen LogP contribution in [0.1, 0.15) is 31.1 Å². The van der Waals surface area contributed by atoms with Crippen LogP contribution in [0.3, 0.4) is 0 Å². The molecule has 0 aliphatic carbocycles. The summed E-state index contributed by atoms with van der Waals surface area (Å²) >= 11 is 0. The summed E-state index contributed by atoms with van der Waals surface area (Å²) in [6.45, 7) is 5.34. The number of hydrogen-bond acceptors (Lipinski definition) is 9. The van der Waals surface area contributed by atoms with Gasteiger partial charge < -0.3 is 46.5 Å². The average Bonchev–Trinajstić information content (AvgIpc) is 2.96. The molecule has 0 radical (unpaired) electrons. The largest absolute Gasteiger partial charge is 0.506 e. The quantitative estimate of drug-likeness (QED) is 0.0937. The lowest BCUT2D eigenvalue weighted by molar-refractivity contribution is -0.159. The van der Waals surface area contributed by atoms with Crippen LogP contribution in [0.15, 0.2) is 77.6 Å². The van der Waals surface area contributed by atoms with E-state index < -0.39 is 18.0 Å². The number of aliphatic carboxylic acids is 2. The van der Waals surface area contributed by atoms with Crippen LogP contribution >= 0.6 is 0 Å². The number of phenolic OH excluding ortho intramolecular Hbond substituents is 1. The van der Waals surface area contributed by atoms with Gasteiger partial charge in [-0.3, -0.25) is 4.79 Å². The number of benzene rings is 3. The third-order valence-corrected chi connectivity index (χ3v) is 6.08. The van der Waals surface area contributed by atoms with Crippen molar-refractivity contribution in [1.82, 2.24) is 10.3 Å². The first-order valence-electron chi connectivity index (χ1n) is 13.4. The van der Waals surface area contributed by atoms with Crippen molar-refractivity contribution in [1.29, 1.82) is 0 Å². The fourth-order valence-electron chi connectivity index (χ4n) is 3.96. The number of rotatable bonds is 11. The van der Waals surface area contributed by atoms with Gasteiger partial charge in [-0.2, -0.15) is 0 Å². The van der Waals surface area contributed by atoms with E-state index in [0.717, 1.165) is 23.5 Å². The minimum absolute atomic E-state index is 0.0211. The summed E-state index contributed by atoms with van der Waals surface area (Å²) in [5, 5.41) is 42.8. The van der Waals surface area contributed by atoms with Crippen molar-refractivity contribution in [2.24, 2.45) is 5.73 Å². The molecule has 12 nitrogen and oxygen atoms in total. The normalized spacial score (nSPS) is 11.7. The van der Waals surface area contributed by atoms with Crippen LogP contribution in [0.5, 0.6) is 11.5 Å². The maximum absolute atomic E-state index is 11.6. The molecule has 0 amide bonds. The molecule has 0 fully saturated rings. The van der Waals surface area contributed by atoms with Crippen molar-refractivity contribution in [3.8, 4) is 11.5 Å². The summed E-state index contributed by atoms with van der Waals surface area (Å²) in [4.78, 5) is 32.4. The minimum Gasteiger partial charge on any atom is -0.506 e. The van der Waals surface area contributed by atoms with E-state index in [0.29, 0.717) is 36.2 Å². The molecule has 12 heteroatoms. The number of pyridine rings is 1. The van der Waals surface area contributed by atoms with E-state index in [4.69, 9.17) is 30.3 Å². The second kappa shape index (κ2) is 14.8. The van der Waals surface area contributed by atoms with Gasteiger partial charge in [0.1, 0.15) is 18.1 Å². The van der Waals surface area contributed by atoms with Gasteiger partial charge in [0.15, 0.2) is 0 Å². The Labute approximate surface area is 247 Å². The van der Waals surface area contributed by atoms with Crippen molar-refractivity contribution in [2.75, 3.05) is 25.0 Å². The van der Waals surface area contributed by atoms with E-state index in [9.17, 15) is 15.0 Å². The van der Waals surface area contributed by atoms with Gasteiger partial charge in [0, 0.05) is 34.9 Å². The number of aliphatic hydroxyl groups is 1. The first-order valence-corrected chi connectivity index (χ1v) is 13.4. The Morgan fingerprint density at radius 2 is 1.53 bits per heavy atom. The number of nitrogens with one attached hydrogen (secondary N) is 3. The highest BCUT2D eigenvalue weighted by atomic mass is 16.5. The molecule has 0 spiro atoms. The number of nitrogens with two attached hydrogens (primary N) is 1. The van der Waals surface area contributed by atoms with Crippen LogP contribution in [0.25, 0.3) is 10.9 Å². The van der Waals surface area contributed by atoms with Crippen molar-refractivity contribution in [3.05, 3.63) is 94.3 Å². The van der Waals surface area contributed by atoms with E-state index >= 15 is 0 Å². The Morgan fingerprint density at radius 3 is 2.12 bits per heavy atom. The highest BCUT2D eigenvalue weighted by Gasteiger charge is 2.14. The van der Waals surface area contributed by atoms with Gasteiger partial charge in [-0.15, -0.1) is 0 Å². The number of carbonyl (C=O) groups is 2. The highest BCUT2D eigenvalue weighted by Crippen LogP contribution is 2.28. The topological polar surface area (TPSA) is 207 Å². The van der Waals surface area contributed by atoms with E-state index in [1.807, 2.05) is 50.2 Å². The fraction of sp³-hybridized carbons (Fsp3) is 0.258. The number of aromatic amines is 1. The van der Waals surface area contributed by atoms with Gasteiger partial charge in [-0.25, -0.2) is 9.59 Å². The van der Waals surface area contributed by atoms with E-state index in [1.165, 1.54) is 17.7 Å². The lowest BCUT2D eigenvalue weighted by atomic mass is 10.0. The molecular weight excluding hydrogens is 556 g/mol. The first-order chi connectivity index (χ1) is 20.3. The van der Waals surface area contributed by atoms with Crippen molar-refractivity contribution < 1.29 is 34.8 Å². The van der Waals surface area contributed by atoms with Gasteiger partial charge in [-0.05, 0) is 86.5 Å². The molecule has 0 saturated carbocycles. The SMILES string of the molecule is CC(C)(N)COc1ccc(Nc2ccc(CCNC[C@H](O)c3ccc(O)c4[nH]c(=O)ccc34)cc2)cc1.O=C(O)C(=O)O. The molecule has 9 N–H and O–H groups in total. The molecule has 1 aromatic heterocycles. The lowest BCUT2D eigenvalue weighted by Gasteiger charge is -2.19. The number of aliphatic hydroxyl groups excluding tert-OH is 1. The molecule has 3 aromatic carbocycles. The number of H-pyrrole nitrogens is 1. The van der Waals surface area contributed by atoms with Gasteiger partial charge >= 0.3 is 11.9 Å². The zero-order valence-electron chi connectivity index (χ0n) is 23.8. The van der Waals surface area contributed by atoms with Crippen LogP contribution in [0.2, 0.25) is 0 Å². The van der Waals surface area contributed by atoms with Crippen LogP contribution in [0.4, 0.5) is 11.4 Å².